The standard InChI is InChI=1S/C17H21BBrClN2O4.C4H10.3C2H6.C2H2/c1-17-7-3-2-4-14(17)25-18(26-17)10-22-15(23)9-21-16(24)12-8-11(19)5-6-13(12)20;1-4(2)3;4*1-2/h5-6,8,14H,2-4,7,9-10H2,1H3,(H,21,24)(H,22,23);4H,1-3H3;3*1-2H3;1-2H/t14?,17-;;;;;/m0...../s1. The maximum absolute atomic E-state index is 12.1. The first-order valence-corrected chi connectivity index (χ1v) is 14.9. The second-order valence-corrected chi connectivity index (χ2v) is 9.90. The van der Waals surface area contributed by atoms with Crippen LogP contribution in [0.4, 0.5) is 0 Å². The molecule has 2 amide bonds. The normalized spacial score (nSPS) is 18.5. The average Bonchev–Trinajstić information content (AvgIpc) is 3.28. The van der Waals surface area contributed by atoms with E-state index < -0.39 is 13.0 Å². The van der Waals surface area contributed by atoms with E-state index in [9.17, 15) is 9.59 Å². The molecule has 1 saturated heterocycles. The molecule has 1 aromatic rings. The van der Waals surface area contributed by atoms with Crippen molar-refractivity contribution in [1.82, 2.24) is 10.6 Å². The van der Waals surface area contributed by atoms with Crippen molar-refractivity contribution in [2.75, 3.05) is 13.0 Å². The van der Waals surface area contributed by atoms with Crippen LogP contribution in [-0.4, -0.2) is 43.6 Å². The molecule has 2 fully saturated rings. The van der Waals surface area contributed by atoms with Crippen molar-refractivity contribution in [2.45, 2.75) is 107 Å². The highest BCUT2D eigenvalue weighted by Gasteiger charge is 2.49. The Morgan fingerprint density at radius 2 is 1.66 bits per heavy atom. The molecule has 9 heteroatoms. The first-order valence-electron chi connectivity index (χ1n) is 13.8. The minimum absolute atomic E-state index is 0.0940. The van der Waals surface area contributed by atoms with E-state index in [4.69, 9.17) is 20.9 Å². The summed E-state index contributed by atoms with van der Waals surface area (Å²) < 4.78 is 12.6. The molecule has 0 spiro atoms. The second kappa shape index (κ2) is 24.5. The van der Waals surface area contributed by atoms with E-state index in [2.05, 4.69) is 67.1 Å². The number of carbonyl (C=O) groups is 2. The number of halogens is 2. The first kappa shape index (κ1) is 41.0. The van der Waals surface area contributed by atoms with Gasteiger partial charge >= 0.3 is 7.12 Å². The molecule has 1 aliphatic carbocycles. The molecular formula is C29H51BBrClN2O4. The number of fused-ring (bicyclic) bond motifs is 1. The monoisotopic (exact) mass is 616 g/mol. The van der Waals surface area contributed by atoms with Crippen molar-refractivity contribution >= 4 is 46.5 Å². The summed E-state index contributed by atoms with van der Waals surface area (Å²) in [6, 6.07) is 4.97. The fraction of sp³-hybridized carbons (Fsp3) is 0.655. The van der Waals surface area contributed by atoms with Crippen LogP contribution in [0.2, 0.25) is 5.02 Å². The zero-order valence-corrected chi connectivity index (χ0v) is 27.6. The number of benzene rings is 1. The van der Waals surface area contributed by atoms with Gasteiger partial charge in [0.15, 0.2) is 0 Å². The lowest BCUT2D eigenvalue weighted by molar-refractivity contribution is -0.119. The summed E-state index contributed by atoms with van der Waals surface area (Å²) in [5.41, 5.74) is 0.0626. The van der Waals surface area contributed by atoms with Crippen molar-refractivity contribution in [3.63, 3.8) is 0 Å². The van der Waals surface area contributed by atoms with Gasteiger partial charge in [-0.15, -0.1) is 12.8 Å². The third kappa shape index (κ3) is 16.4. The molecule has 0 bridgehead atoms. The van der Waals surface area contributed by atoms with Crippen LogP contribution < -0.4 is 10.6 Å². The van der Waals surface area contributed by atoms with Crippen LogP contribution in [0.3, 0.4) is 0 Å². The van der Waals surface area contributed by atoms with Crippen molar-refractivity contribution < 1.29 is 18.9 Å². The minimum Gasteiger partial charge on any atom is -0.404 e. The number of amides is 2. The number of terminal acetylenes is 1. The van der Waals surface area contributed by atoms with Crippen molar-refractivity contribution in [2.24, 2.45) is 5.92 Å². The third-order valence-corrected chi connectivity index (χ3v) is 5.66. The molecule has 1 heterocycles. The van der Waals surface area contributed by atoms with Crippen LogP contribution in [0.5, 0.6) is 0 Å². The predicted molar refractivity (Wildman–Crippen MR) is 168 cm³/mol. The smallest absolute Gasteiger partial charge is 0.404 e. The van der Waals surface area contributed by atoms with Gasteiger partial charge < -0.3 is 19.9 Å². The number of rotatable bonds is 5. The van der Waals surface area contributed by atoms with Gasteiger partial charge in [-0.25, -0.2) is 0 Å². The highest BCUT2D eigenvalue weighted by molar-refractivity contribution is 9.10. The fourth-order valence-corrected chi connectivity index (χ4v) is 3.97. The van der Waals surface area contributed by atoms with Crippen LogP contribution in [-0.2, 0) is 14.1 Å². The molecule has 38 heavy (non-hydrogen) atoms. The lowest BCUT2D eigenvalue weighted by Crippen LogP contribution is -2.43. The van der Waals surface area contributed by atoms with Crippen molar-refractivity contribution in [3.8, 4) is 12.8 Å². The molecule has 2 aliphatic rings. The molecule has 6 nitrogen and oxygen atoms in total. The van der Waals surface area contributed by atoms with Crippen molar-refractivity contribution in [1.29, 1.82) is 0 Å². The summed E-state index contributed by atoms with van der Waals surface area (Å²) in [5, 5.41) is 5.63. The van der Waals surface area contributed by atoms with E-state index in [0.717, 1.165) is 36.1 Å². The SMILES string of the molecule is C#C.CC.CC.CC.CC(C)C.C[C@]12CCCCC1OB(CNC(=O)CNC(=O)c1cc(Br)ccc1Cl)O2. The number of nitrogens with one attached hydrogen (secondary N) is 2. The summed E-state index contributed by atoms with van der Waals surface area (Å²) in [5.74, 6) is 0.120. The zero-order valence-electron chi connectivity index (χ0n) is 25.3. The van der Waals surface area contributed by atoms with E-state index in [1.54, 1.807) is 18.2 Å². The van der Waals surface area contributed by atoms with Gasteiger partial charge in [-0.3, -0.25) is 9.59 Å². The average molecular weight is 618 g/mol. The van der Waals surface area contributed by atoms with Crippen molar-refractivity contribution in [3.05, 3.63) is 33.3 Å². The molecule has 2 N–H and O–H groups in total. The lowest BCUT2D eigenvalue weighted by atomic mass is 9.84. The Morgan fingerprint density at radius 1 is 1.11 bits per heavy atom. The Kier molecular flexibility index (Phi) is 26.4. The quantitative estimate of drug-likeness (QED) is 0.262. The minimum atomic E-state index is -0.442. The number of hydrogen-bond acceptors (Lipinski definition) is 4. The molecular weight excluding hydrogens is 566 g/mol. The van der Waals surface area contributed by atoms with Gasteiger partial charge in [-0.05, 0) is 43.9 Å². The molecule has 0 radical (unpaired) electrons. The van der Waals surface area contributed by atoms with Gasteiger partial charge in [0.25, 0.3) is 5.91 Å². The Labute approximate surface area is 247 Å². The van der Waals surface area contributed by atoms with E-state index in [1.807, 2.05) is 41.5 Å². The zero-order chi connectivity index (χ0) is 30.3. The molecule has 0 aromatic heterocycles. The maximum Gasteiger partial charge on any atom is 0.478 e. The molecule has 3 rings (SSSR count). The fourth-order valence-electron chi connectivity index (χ4n) is 3.41. The molecule has 1 aromatic carbocycles. The molecule has 1 unspecified atom stereocenters. The highest BCUT2D eigenvalue weighted by Crippen LogP contribution is 2.38. The second-order valence-electron chi connectivity index (χ2n) is 8.57. The molecule has 1 aliphatic heterocycles. The Bertz CT molecular complexity index is 792. The number of carbonyl (C=O) groups excluding carboxylic acids is 2. The van der Waals surface area contributed by atoms with E-state index >= 15 is 0 Å². The lowest BCUT2D eigenvalue weighted by Gasteiger charge is -2.34. The Morgan fingerprint density at radius 3 is 2.18 bits per heavy atom. The van der Waals surface area contributed by atoms with Gasteiger partial charge in [0.05, 0.1) is 35.3 Å². The van der Waals surface area contributed by atoms with Crippen LogP contribution in [0, 0.1) is 18.8 Å². The Balaban J connectivity index is -0.000000886. The van der Waals surface area contributed by atoms with Gasteiger partial charge in [0.1, 0.15) is 0 Å². The van der Waals surface area contributed by atoms with Gasteiger partial charge in [0, 0.05) is 4.47 Å². The van der Waals surface area contributed by atoms with E-state index in [0.29, 0.717) is 10.6 Å². The first-order chi connectivity index (χ1) is 18.1. The summed E-state index contributed by atoms with van der Waals surface area (Å²) in [7, 11) is -0.442. The van der Waals surface area contributed by atoms with Gasteiger partial charge in [-0.1, -0.05) is 103 Å². The van der Waals surface area contributed by atoms with E-state index in [-0.39, 0.29) is 30.6 Å². The Hall–Kier alpha value is -1.53. The van der Waals surface area contributed by atoms with E-state index in [1.165, 1.54) is 0 Å². The molecule has 218 valence electrons. The third-order valence-electron chi connectivity index (χ3n) is 4.84. The maximum atomic E-state index is 12.1. The van der Waals surface area contributed by atoms with Crippen LogP contribution >= 0.6 is 27.5 Å². The van der Waals surface area contributed by atoms with Crippen LogP contribution in [0.15, 0.2) is 22.7 Å². The van der Waals surface area contributed by atoms with Gasteiger partial charge in [-0.2, -0.15) is 0 Å². The van der Waals surface area contributed by atoms with Gasteiger partial charge in [0.2, 0.25) is 5.91 Å². The summed E-state index contributed by atoms with van der Waals surface area (Å²) >= 11 is 9.30. The number of hydrogen-bond donors (Lipinski definition) is 2. The summed E-state index contributed by atoms with van der Waals surface area (Å²) in [6.07, 6.45) is 12.6. The molecule has 2 atom stereocenters. The highest BCUT2D eigenvalue weighted by atomic mass is 79.9. The predicted octanol–water partition coefficient (Wildman–Crippen LogP) is 7.71. The van der Waals surface area contributed by atoms with Crippen LogP contribution in [0.1, 0.15) is 105 Å². The summed E-state index contributed by atoms with van der Waals surface area (Å²) in [4.78, 5) is 24.2. The molecule has 1 saturated carbocycles. The largest absolute Gasteiger partial charge is 0.478 e. The van der Waals surface area contributed by atoms with Crippen LogP contribution in [0.25, 0.3) is 0 Å². The summed E-state index contributed by atoms with van der Waals surface area (Å²) in [6.45, 7) is 20.4. The topological polar surface area (TPSA) is 76.7 Å².